The Bertz CT molecular complexity index is 835. The van der Waals surface area contributed by atoms with Gasteiger partial charge in [-0.25, -0.2) is 4.98 Å². The van der Waals surface area contributed by atoms with Crippen LogP contribution in [-0.2, 0) is 7.05 Å². The van der Waals surface area contributed by atoms with Gasteiger partial charge in [0.1, 0.15) is 11.7 Å². The molecule has 5 heteroatoms. The molecule has 0 radical (unpaired) electrons. The molecule has 82 valence electrons. The highest BCUT2D eigenvalue weighted by atomic mass is 16.1. The Morgan fingerprint density at radius 1 is 1.29 bits per heavy atom. The van der Waals surface area contributed by atoms with Crippen LogP contribution in [-0.4, -0.2) is 14.0 Å². The first-order valence-corrected chi connectivity index (χ1v) is 5.08. The Labute approximate surface area is 96.2 Å². The number of aryl methyl sites for hydroxylation is 1. The number of rotatable bonds is 0. The zero-order valence-electron chi connectivity index (χ0n) is 9.08. The standard InChI is InChI=1S/C12H8N4O/c1-15-11(17)5-3-9-12(15)14-10-4-2-8(6-13)7-16(9)10/h2-5,7H,1H3. The van der Waals surface area contributed by atoms with E-state index in [1.165, 1.54) is 10.6 Å². The number of nitrogens with zero attached hydrogens (tertiary/aromatic N) is 4. The first-order valence-electron chi connectivity index (χ1n) is 5.08. The van der Waals surface area contributed by atoms with Gasteiger partial charge in [0.25, 0.3) is 5.56 Å². The summed E-state index contributed by atoms with van der Waals surface area (Å²) < 4.78 is 3.31. The fourth-order valence-corrected chi connectivity index (χ4v) is 1.88. The average Bonchev–Trinajstić information content (AvgIpc) is 2.72. The molecule has 5 nitrogen and oxygen atoms in total. The van der Waals surface area contributed by atoms with Crippen LogP contribution in [0, 0.1) is 11.3 Å². The van der Waals surface area contributed by atoms with Crippen molar-refractivity contribution in [2.24, 2.45) is 7.05 Å². The van der Waals surface area contributed by atoms with Crippen LogP contribution in [0.3, 0.4) is 0 Å². The van der Waals surface area contributed by atoms with Crippen molar-refractivity contribution in [1.82, 2.24) is 14.0 Å². The summed E-state index contributed by atoms with van der Waals surface area (Å²) in [5.41, 5.74) is 2.62. The van der Waals surface area contributed by atoms with Crippen molar-refractivity contribution in [2.45, 2.75) is 0 Å². The summed E-state index contributed by atoms with van der Waals surface area (Å²) in [6, 6.07) is 8.77. The maximum atomic E-state index is 11.5. The molecule has 0 saturated heterocycles. The molecule has 3 heterocycles. The second kappa shape index (κ2) is 3.19. The van der Waals surface area contributed by atoms with E-state index in [-0.39, 0.29) is 5.56 Å². The van der Waals surface area contributed by atoms with E-state index < -0.39 is 0 Å². The van der Waals surface area contributed by atoms with Crippen LogP contribution in [0.15, 0.2) is 35.3 Å². The van der Waals surface area contributed by atoms with Crippen LogP contribution in [0.5, 0.6) is 0 Å². The third-order valence-electron chi connectivity index (χ3n) is 2.80. The largest absolute Gasteiger partial charge is 0.297 e. The maximum Gasteiger partial charge on any atom is 0.252 e. The summed E-state index contributed by atoms with van der Waals surface area (Å²) >= 11 is 0. The second-order valence-electron chi connectivity index (χ2n) is 3.81. The summed E-state index contributed by atoms with van der Waals surface area (Å²) in [5, 5.41) is 8.87. The molecular weight excluding hydrogens is 216 g/mol. The van der Waals surface area contributed by atoms with Gasteiger partial charge in [-0.3, -0.25) is 13.8 Å². The lowest BCUT2D eigenvalue weighted by molar-refractivity contribution is 0.893. The number of aromatic nitrogens is 3. The van der Waals surface area contributed by atoms with E-state index in [0.29, 0.717) is 11.2 Å². The van der Waals surface area contributed by atoms with Gasteiger partial charge in [-0.05, 0) is 18.2 Å². The fraction of sp³-hybridized carbons (Fsp3) is 0.0833. The molecule has 3 rings (SSSR count). The van der Waals surface area contributed by atoms with Crippen molar-refractivity contribution in [2.75, 3.05) is 0 Å². The van der Waals surface area contributed by atoms with Gasteiger partial charge in [0.05, 0.1) is 11.1 Å². The second-order valence-corrected chi connectivity index (χ2v) is 3.81. The molecule has 0 unspecified atom stereocenters. The summed E-state index contributed by atoms with van der Waals surface area (Å²) in [5.74, 6) is 0. The van der Waals surface area contributed by atoms with Crippen LogP contribution in [0.1, 0.15) is 5.56 Å². The predicted molar refractivity (Wildman–Crippen MR) is 62.7 cm³/mol. The van der Waals surface area contributed by atoms with Gasteiger partial charge < -0.3 is 0 Å². The van der Waals surface area contributed by atoms with Gasteiger partial charge in [0.2, 0.25) is 0 Å². The minimum Gasteiger partial charge on any atom is -0.297 e. The van der Waals surface area contributed by atoms with Crippen LogP contribution in [0.4, 0.5) is 0 Å². The molecule has 0 atom stereocenters. The number of pyridine rings is 2. The molecule has 0 aliphatic carbocycles. The number of imidazole rings is 1. The molecule has 0 saturated carbocycles. The quantitative estimate of drug-likeness (QED) is 0.573. The maximum absolute atomic E-state index is 11.5. The van der Waals surface area contributed by atoms with E-state index in [2.05, 4.69) is 11.1 Å². The van der Waals surface area contributed by atoms with E-state index in [0.717, 1.165) is 11.2 Å². The lowest BCUT2D eigenvalue weighted by Crippen LogP contribution is -2.15. The van der Waals surface area contributed by atoms with Crippen LogP contribution < -0.4 is 5.56 Å². The van der Waals surface area contributed by atoms with Crippen molar-refractivity contribution in [3.8, 4) is 6.07 Å². The van der Waals surface area contributed by atoms with Crippen molar-refractivity contribution < 1.29 is 0 Å². The molecule has 17 heavy (non-hydrogen) atoms. The lowest BCUT2D eigenvalue weighted by Gasteiger charge is -1.97. The van der Waals surface area contributed by atoms with E-state index in [9.17, 15) is 4.79 Å². The molecule has 0 fully saturated rings. The third kappa shape index (κ3) is 1.24. The fourth-order valence-electron chi connectivity index (χ4n) is 1.88. The molecule has 0 aromatic carbocycles. The first-order chi connectivity index (χ1) is 8.20. The average molecular weight is 224 g/mol. The number of fused-ring (bicyclic) bond motifs is 3. The van der Waals surface area contributed by atoms with Crippen LogP contribution in [0.2, 0.25) is 0 Å². The highest BCUT2D eigenvalue weighted by Crippen LogP contribution is 2.15. The summed E-state index contributed by atoms with van der Waals surface area (Å²) in [6.45, 7) is 0. The first kappa shape index (κ1) is 9.60. The number of hydrogen-bond acceptors (Lipinski definition) is 3. The minimum absolute atomic E-state index is 0.0959. The lowest BCUT2D eigenvalue weighted by atomic mass is 10.3. The molecule has 0 bridgehead atoms. The summed E-state index contributed by atoms with van der Waals surface area (Å²) in [4.78, 5) is 15.9. The van der Waals surface area contributed by atoms with Crippen molar-refractivity contribution in [1.29, 1.82) is 5.26 Å². The van der Waals surface area contributed by atoms with Gasteiger partial charge in [0.15, 0.2) is 5.65 Å². The smallest absolute Gasteiger partial charge is 0.252 e. The van der Waals surface area contributed by atoms with Gasteiger partial charge in [-0.2, -0.15) is 5.26 Å². The molecule has 0 N–H and O–H groups in total. The number of nitriles is 1. The molecule has 0 amide bonds. The zero-order chi connectivity index (χ0) is 12.0. The number of hydrogen-bond donors (Lipinski definition) is 0. The normalized spacial score (nSPS) is 10.8. The molecule has 3 aromatic rings. The van der Waals surface area contributed by atoms with E-state index in [1.807, 2.05) is 4.40 Å². The van der Waals surface area contributed by atoms with Gasteiger partial charge in [-0.1, -0.05) is 0 Å². The minimum atomic E-state index is -0.0959. The topological polar surface area (TPSA) is 63.1 Å². The van der Waals surface area contributed by atoms with Crippen LogP contribution >= 0.6 is 0 Å². The van der Waals surface area contributed by atoms with Crippen molar-refractivity contribution >= 4 is 16.8 Å². The Morgan fingerprint density at radius 2 is 2.12 bits per heavy atom. The summed E-state index contributed by atoms with van der Waals surface area (Å²) in [7, 11) is 1.68. The molecule has 3 aromatic heterocycles. The molecule has 0 aliphatic heterocycles. The molecular formula is C12H8N4O. The predicted octanol–water partition coefficient (Wildman–Crippen LogP) is 1.06. The Hall–Kier alpha value is -2.61. The highest BCUT2D eigenvalue weighted by Gasteiger charge is 2.07. The molecule has 0 spiro atoms. The Morgan fingerprint density at radius 3 is 2.88 bits per heavy atom. The van der Waals surface area contributed by atoms with Crippen LogP contribution in [0.25, 0.3) is 16.8 Å². The third-order valence-corrected chi connectivity index (χ3v) is 2.80. The van der Waals surface area contributed by atoms with Gasteiger partial charge in [0, 0.05) is 19.3 Å². The Balaban J connectivity index is 2.56. The van der Waals surface area contributed by atoms with Gasteiger partial charge in [-0.15, -0.1) is 0 Å². The zero-order valence-corrected chi connectivity index (χ0v) is 9.08. The van der Waals surface area contributed by atoms with Crippen molar-refractivity contribution in [3.05, 3.63) is 46.4 Å². The summed E-state index contributed by atoms with van der Waals surface area (Å²) in [6.07, 6.45) is 1.72. The van der Waals surface area contributed by atoms with E-state index in [1.54, 1.807) is 31.4 Å². The highest BCUT2D eigenvalue weighted by molar-refractivity contribution is 5.77. The van der Waals surface area contributed by atoms with Gasteiger partial charge >= 0.3 is 0 Å². The SMILES string of the molecule is Cn1c(=O)ccc2c1nc1ccc(C#N)cn12. The van der Waals surface area contributed by atoms with E-state index in [4.69, 9.17) is 5.26 Å². The van der Waals surface area contributed by atoms with E-state index >= 15 is 0 Å². The Kier molecular flexibility index (Phi) is 1.80. The molecule has 0 aliphatic rings. The van der Waals surface area contributed by atoms with Crippen molar-refractivity contribution in [3.63, 3.8) is 0 Å². The monoisotopic (exact) mass is 224 g/mol.